The maximum atomic E-state index is 5.46. The summed E-state index contributed by atoms with van der Waals surface area (Å²) in [7, 11) is 3.39. The van der Waals surface area contributed by atoms with Crippen LogP contribution < -0.4 is 9.47 Å². The average Bonchev–Trinajstić information content (AvgIpc) is 2.57. The van der Waals surface area contributed by atoms with Crippen molar-refractivity contribution >= 4 is 0 Å². The van der Waals surface area contributed by atoms with Crippen molar-refractivity contribution in [3.8, 4) is 11.5 Å². The van der Waals surface area contributed by atoms with Gasteiger partial charge in [0.1, 0.15) is 0 Å². The first-order chi connectivity index (χ1) is 10.7. The fourth-order valence-corrected chi connectivity index (χ4v) is 3.23. The molecule has 3 heteroatoms. The molecule has 0 amide bonds. The topological polar surface area (TPSA) is 21.7 Å². The average molecular weight is 297 g/mol. The number of fused-ring (bicyclic) bond motifs is 1. The van der Waals surface area contributed by atoms with E-state index in [2.05, 4.69) is 54.3 Å². The Bertz CT molecular complexity index is 639. The van der Waals surface area contributed by atoms with Gasteiger partial charge in [-0.15, -0.1) is 0 Å². The third kappa shape index (κ3) is 2.81. The van der Waals surface area contributed by atoms with Crippen LogP contribution in [0.1, 0.15) is 29.7 Å². The van der Waals surface area contributed by atoms with Gasteiger partial charge in [-0.1, -0.05) is 30.3 Å². The van der Waals surface area contributed by atoms with Gasteiger partial charge in [-0.25, -0.2) is 0 Å². The minimum absolute atomic E-state index is 0.378. The first-order valence-electron chi connectivity index (χ1n) is 7.75. The van der Waals surface area contributed by atoms with E-state index in [1.807, 2.05) is 0 Å². The highest BCUT2D eigenvalue weighted by atomic mass is 16.5. The van der Waals surface area contributed by atoms with Crippen LogP contribution in [0.4, 0.5) is 0 Å². The standard InChI is InChI=1S/C19H23NO2/c1-14-17-12-19(22-3)18(21-2)11-16(17)9-10-20(14)13-15-7-5-4-6-8-15/h4-8,11-12,14H,9-10,13H2,1-3H3. The number of hydrogen-bond acceptors (Lipinski definition) is 3. The van der Waals surface area contributed by atoms with Crippen molar-refractivity contribution in [1.82, 2.24) is 4.90 Å². The van der Waals surface area contributed by atoms with Gasteiger partial charge in [0.05, 0.1) is 14.2 Å². The summed E-state index contributed by atoms with van der Waals surface area (Å²) in [6, 6.07) is 15.3. The predicted molar refractivity (Wildman–Crippen MR) is 88.5 cm³/mol. The van der Waals surface area contributed by atoms with Crippen LogP contribution in [0.3, 0.4) is 0 Å². The van der Waals surface area contributed by atoms with Crippen molar-refractivity contribution in [1.29, 1.82) is 0 Å². The SMILES string of the molecule is COc1cc2c(cc1OC)C(C)N(Cc1ccccc1)CC2. The Morgan fingerprint density at radius 2 is 1.73 bits per heavy atom. The number of benzene rings is 2. The number of ether oxygens (including phenoxy) is 2. The van der Waals surface area contributed by atoms with Crippen LogP contribution in [0.5, 0.6) is 11.5 Å². The fourth-order valence-electron chi connectivity index (χ4n) is 3.23. The smallest absolute Gasteiger partial charge is 0.161 e. The normalized spacial score (nSPS) is 17.9. The first-order valence-corrected chi connectivity index (χ1v) is 7.75. The molecule has 3 nitrogen and oxygen atoms in total. The molecule has 0 bridgehead atoms. The Hall–Kier alpha value is -2.00. The molecular formula is C19H23NO2. The van der Waals surface area contributed by atoms with E-state index in [1.165, 1.54) is 16.7 Å². The molecule has 0 spiro atoms. The summed E-state index contributed by atoms with van der Waals surface area (Å²) in [5.41, 5.74) is 4.08. The highest BCUT2D eigenvalue weighted by Gasteiger charge is 2.25. The molecule has 0 radical (unpaired) electrons. The molecule has 3 rings (SSSR count). The summed E-state index contributed by atoms with van der Waals surface area (Å²) < 4.78 is 10.9. The molecule has 1 unspecified atom stereocenters. The van der Waals surface area contributed by atoms with Crippen LogP contribution in [0.25, 0.3) is 0 Å². The van der Waals surface area contributed by atoms with Crippen molar-refractivity contribution in [2.75, 3.05) is 20.8 Å². The minimum atomic E-state index is 0.378. The van der Waals surface area contributed by atoms with Gasteiger partial charge in [0.15, 0.2) is 11.5 Å². The van der Waals surface area contributed by atoms with Gasteiger partial charge < -0.3 is 9.47 Å². The molecule has 22 heavy (non-hydrogen) atoms. The van der Waals surface area contributed by atoms with E-state index in [9.17, 15) is 0 Å². The molecule has 0 saturated carbocycles. The lowest BCUT2D eigenvalue weighted by atomic mass is 9.92. The molecule has 0 saturated heterocycles. The van der Waals surface area contributed by atoms with E-state index in [4.69, 9.17) is 9.47 Å². The number of nitrogens with zero attached hydrogens (tertiary/aromatic N) is 1. The second kappa shape index (κ2) is 6.41. The maximum Gasteiger partial charge on any atom is 0.161 e. The van der Waals surface area contributed by atoms with Crippen LogP contribution in [-0.4, -0.2) is 25.7 Å². The Labute approximate surface area is 132 Å². The largest absolute Gasteiger partial charge is 0.493 e. The Morgan fingerprint density at radius 3 is 2.41 bits per heavy atom. The van der Waals surface area contributed by atoms with Crippen molar-refractivity contribution < 1.29 is 9.47 Å². The zero-order valence-corrected chi connectivity index (χ0v) is 13.5. The highest BCUT2D eigenvalue weighted by Crippen LogP contribution is 2.38. The lowest BCUT2D eigenvalue weighted by molar-refractivity contribution is 0.189. The Kier molecular flexibility index (Phi) is 4.34. The lowest BCUT2D eigenvalue weighted by Gasteiger charge is -2.35. The zero-order chi connectivity index (χ0) is 15.5. The van der Waals surface area contributed by atoms with Crippen molar-refractivity contribution in [2.45, 2.75) is 25.9 Å². The second-order valence-corrected chi connectivity index (χ2v) is 5.79. The molecule has 0 aromatic heterocycles. The molecule has 1 aliphatic heterocycles. The number of rotatable bonds is 4. The van der Waals surface area contributed by atoms with E-state index >= 15 is 0 Å². The summed E-state index contributed by atoms with van der Waals surface area (Å²) >= 11 is 0. The van der Waals surface area contributed by atoms with Crippen LogP contribution in [0, 0.1) is 0 Å². The first kappa shape index (κ1) is 14.9. The summed E-state index contributed by atoms with van der Waals surface area (Å²) in [4.78, 5) is 2.52. The van der Waals surface area contributed by atoms with Crippen LogP contribution in [-0.2, 0) is 13.0 Å². The molecular weight excluding hydrogens is 274 g/mol. The van der Waals surface area contributed by atoms with Gasteiger partial charge >= 0.3 is 0 Å². The Balaban J connectivity index is 1.87. The van der Waals surface area contributed by atoms with Crippen molar-refractivity contribution in [3.63, 3.8) is 0 Å². The van der Waals surface area contributed by atoms with Crippen LogP contribution in [0.2, 0.25) is 0 Å². The predicted octanol–water partition coefficient (Wildman–Crippen LogP) is 3.82. The highest BCUT2D eigenvalue weighted by molar-refractivity contribution is 5.49. The maximum absolute atomic E-state index is 5.46. The van der Waals surface area contributed by atoms with E-state index in [-0.39, 0.29) is 0 Å². The molecule has 1 aliphatic rings. The summed E-state index contributed by atoms with van der Waals surface area (Å²) in [5, 5.41) is 0. The minimum Gasteiger partial charge on any atom is -0.493 e. The summed E-state index contributed by atoms with van der Waals surface area (Å²) in [5.74, 6) is 1.64. The fraction of sp³-hybridized carbons (Fsp3) is 0.368. The van der Waals surface area contributed by atoms with Crippen LogP contribution >= 0.6 is 0 Å². The van der Waals surface area contributed by atoms with Gasteiger partial charge in [0.2, 0.25) is 0 Å². The van der Waals surface area contributed by atoms with Crippen LogP contribution in [0.15, 0.2) is 42.5 Å². The molecule has 1 atom stereocenters. The van der Waals surface area contributed by atoms with E-state index < -0.39 is 0 Å². The Morgan fingerprint density at radius 1 is 1.05 bits per heavy atom. The van der Waals surface area contributed by atoms with E-state index in [1.54, 1.807) is 14.2 Å². The monoisotopic (exact) mass is 297 g/mol. The van der Waals surface area contributed by atoms with E-state index in [0.29, 0.717) is 6.04 Å². The molecule has 116 valence electrons. The number of methoxy groups -OCH3 is 2. The summed E-state index contributed by atoms with van der Waals surface area (Å²) in [6.07, 6.45) is 1.05. The molecule has 0 aliphatic carbocycles. The van der Waals surface area contributed by atoms with Crippen molar-refractivity contribution in [2.24, 2.45) is 0 Å². The van der Waals surface area contributed by atoms with Gasteiger partial charge in [-0.3, -0.25) is 4.90 Å². The number of hydrogen-bond donors (Lipinski definition) is 0. The second-order valence-electron chi connectivity index (χ2n) is 5.79. The molecule has 2 aromatic rings. The summed E-state index contributed by atoms with van der Waals surface area (Å²) in [6.45, 7) is 4.32. The van der Waals surface area contributed by atoms with Gasteiger partial charge in [-0.2, -0.15) is 0 Å². The zero-order valence-electron chi connectivity index (χ0n) is 13.5. The van der Waals surface area contributed by atoms with Gasteiger partial charge in [-0.05, 0) is 42.2 Å². The lowest BCUT2D eigenvalue weighted by Crippen LogP contribution is -2.33. The quantitative estimate of drug-likeness (QED) is 0.856. The molecule has 2 aromatic carbocycles. The molecule has 0 fully saturated rings. The van der Waals surface area contributed by atoms with E-state index in [0.717, 1.165) is 31.0 Å². The molecule has 1 heterocycles. The third-order valence-corrected chi connectivity index (χ3v) is 4.54. The van der Waals surface area contributed by atoms with Gasteiger partial charge in [0, 0.05) is 19.1 Å². The van der Waals surface area contributed by atoms with Gasteiger partial charge in [0.25, 0.3) is 0 Å². The van der Waals surface area contributed by atoms with Crippen molar-refractivity contribution in [3.05, 3.63) is 59.2 Å². The third-order valence-electron chi connectivity index (χ3n) is 4.54. The molecule has 0 N–H and O–H groups in total.